The fourth-order valence-electron chi connectivity index (χ4n) is 2.66. The molecule has 23 heavy (non-hydrogen) atoms. The number of halogens is 1. The van der Waals surface area contributed by atoms with Gasteiger partial charge in [-0.1, -0.05) is 12.1 Å². The zero-order valence-electron chi connectivity index (χ0n) is 13.3. The first-order chi connectivity index (χ1) is 10.8. The van der Waals surface area contributed by atoms with Crippen LogP contribution in [0.15, 0.2) is 29.3 Å². The summed E-state index contributed by atoms with van der Waals surface area (Å²) in [5, 5.41) is 7.50. The largest absolute Gasteiger partial charge is 0.356 e. The predicted molar refractivity (Wildman–Crippen MR) is 110 cm³/mol. The molecule has 0 saturated carbocycles. The van der Waals surface area contributed by atoms with E-state index in [2.05, 4.69) is 43.4 Å². The molecule has 5 nitrogen and oxygen atoms in total. The molecule has 1 aliphatic rings. The number of aromatic nitrogens is 2. The molecule has 1 atom stereocenters. The number of aromatic amines is 1. The van der Waals surface area contributed by atoms with Crippen molar-refractivity contribution in [2.45, 2.75) is 24.5 Å². The van der Waals surface area contributed by atoms with Crippen molar-refractivity contribution in [3.63, 3.8) is 0 Å². The smallest absolute Gasteiger partial charge is 0.191 e. The summed E-state index contributed by atoms with van der Waals surface area (Å²) in [5.74, 6) is 3.18. The van der Waals surface area contributed by atoms with Gasteiger partial charge in [0, 0.05) is 31.8 Å². The third-order valence-corrected chi connectivity index (χ3v) is 5.24. The Bertz CT molecular complexity index is 603. The molecule has 1 fully saturated rings. The Kier molecular flexibility index (Phi) is 7.48. The van der Waals surface area contributed by atoms with Crippen molar-refractivity contribution in [3.05, 3.63) is 30.1 Å². The van der Waals surface area contributed by atoms with Gasteiger partial charge in [0.05, 0.1) is 11.0 Å². The van der Waals surface area contributed by atoms with Crippen molar-refractivity contribution in [3.8, 4) is 0 Å². The molecule has 1 unspecified atom stereocenters. The number of hydrogen-bond donors (Lipinski definition) is 3. The summed E-state index contributed by atoms with van der Waals surface area (Å²) in [4.78, 5) is 12.2. The Labute approximate surface area is 158 Å². The van der Waals surface area contributed by atoms with E-state index in [-0.39, 0.29) is 24.0 Å². The summed E-state index contributed by atoms with van der Waals surface area (Å²) >= 11 is 2.06. The van der Waals surface area contributed by atoms with Crippen LogP contribution in [0.2, 0.25) is 0 Å². The van der Waals surface area contributed by atoms with Gasteiger partial charge in [0.25, 0.3) is 0 Å². The highest BCUT2D eigenvalue weighted by atomic mass is 127. The summed E-state index contributed by atoms with van der Waals surface area (Å²) < 4.78 is 0. The number of imidazole rings is 1. The van der Waals surface area contributed by atoms with Gasteiger partial charge in [-0.25, -0.2) is 4.98 Å². The molecule has 0 radical (unpaired) electrons. The number of H-pyrrole nitrogens is 1. The van der Waals surface area contributed by atoms with E-state index in [1.165, 1.54) is 18.6 Å². The highest BCUT2D eigenvalue weighted by Gasteiger charge is 2.15. The van der Waals surface area contributed by atoms with Gasteiger partial charge >= 0.3 is 0 Å². The Balaban J connectivity index is 0.00000192. The average Bonchev–Trinajstić information content (AvgIpc) is 3.19. The van der Waals surface area contributed by atoms with E-state index >= 15 is 0 Å². The lowest BCUT2D eigenvalue weighted by molar-refractivity contribution is 0.721. The van der Waals surface area contributed by atoms with Gasteiger partial charge in [0.1, 0.15) is 5.82 Å². The minimum atomic E-state index is 0. The van der Waals surface area contributed by atoms with Gasteiger partial charge < -0.3 is 15.6 Å². The van der Waals surface area contributed by atoms with Crippen LogP contribution < -0.4 is 10.6 Å². The van der Waals surface area contributed by atoms with Gasteiger partial charge in [-0.2, -0.15) is 11.8 Å². The molecule has 0 aliphatic carbocycles. The number of hydrogen-bond acceptors (Lipinski definition) is 3. The van der Waals surface area contributed by atoms with Crippen LogP contribution in [0.3, 0.4) is 0 Å². The summed E-state index contributed by atoms with van der Waals surface area (Å²) in [6.07, 6.45) is 3.51. The van der Waals surface area contributed by atoms with Gasteiger partial charge in [0.2, 0.25) is 0 Å². The molecule has 0 amide bonds. The van der Waals surface area contributed by atoms with Crippen molar-refractivity contribution in [1.82, 2.24) is 20.6 Å². The molecule has 1 aromatic carbocycles. The molecular weight excluding hydrogens is 421 g/mol. The molecule has 3 N–H and O–H groups in total. The van der Waals surface area contributed by atoms with Crippen molar-refractivity contribution in [1.29, 1.82) is 0 Å². The lowest BCUT2D eigenvalue weighted by Crippen LogP contribution is -2.41. The number of guanidine groups is 1. The third-order valence-electron chi connectivity index (χ3n) is 3.84. The van der Waals surface area contributed by atoms with Crippen molar-refractivity contribution in [2.24, 2.45) is 4.99 Å². The lowest BCUT2D eigenvalue weighted by Gasteiger charge is -2.14. The van der Waals surface area contributed by atoms with E-state index in [4.69, 9.17) is 0 Å². The summed E-state index contributed by atoms with van der Waals surface area (Å²) in [6.45, 7) is 1.81. The Morgan fingerprint density at radius 2 is 2.26 bits per heavy atom. The van der Waals surface area contributed by atoms with Crippen LogP contribution in [0.25, 0.3) is 11.0 Å². The number of para-hydroxylation sites is 2. The molecule has 0 spiro atoms. The summed E-state index contributed by atoms with van der Waals surface area (Å²) in [7, 11) is 1.82. The number of thioether (sulfide) groups is 1. The second kappa shape index (κ2) is 9.36. The van der Waals surface area contributed by atoms with Crippen LogP contribution in [-0.2, 0) is 6.42 Å². The van der Waals surface area contributed by atoms with E-state index in [1.54, 1.807) is 0 Å². The van der Waals surface area contributed by atoms with E-state index in [0.29, 0.717) is 0 Å². The first kappa shape index (κ1) is 18.4. The minimum Gasteiger partial charge on any atom is -0.356 e. The number of aliphatic imine (C=N–C) groups is 1. The second-order valence-corrected chi connectivity index (χ2v) is 6.87. The highest BCUT2D eigenvalue weighted by Crippen LogP contribution is 2.25. The Morgan fingerprint density at radius 3 is 3.00 bits per heavy atom. The molecule has 1 saturated heterocycles. The number of rotatable bonds is 5. The standard InChI is InChI=1S/C16H23N5S.HI/c1-17-16(19-11-12-5-4-10-22-12)18-9-8-15-20-13-6-2-3-7-14(13)21-15;/h2-3,6-7,12H,4-5,8-11H2,1H3,(H,20,21)(H2,17,18,19);1H. The fraction of sp³-hybridized carbons (Fsp3) is 0.500. The van der Waals surface area contributed by atoms with Gasteiger partial charge in [0.15, 0.2) is 5.96 Å². The molecule has 0 bridgehead atoms. The zero-order chi connectivity index (χ0) is 15.2. The zero-order valence-corrected chi connectivity index (χ0v) is 16.5. The SMILES string of the molecule is CN=C(NCCc1nc2ccccc2[nH]1)NCC1CCCS1.I. The lowest BCUT2D eigenvalue weighted by atomic mass is 10.2. The van der Waals surface area contributed by atoms with Gasteiger partial charge in [-0.15, -0.1) is 24.0 Å². The van der Waals surface area contributed by atoms with Crippen molar-refractivity contribution >= 4 is 52.7 Å². The van der Waals surface area contributed by atoms with Crippen LogP contribution in [0, 0.1) is 0 Å². The number of nitrogens with zero attached hydrogens (tertiary/aromatic N) is 2. The molecular formula is C16H24IN5S. The van der Waals surface area contributed by atoms with Crippen LogP contribution in [0.1, 0.15) is 18.7 Å². The quantitative estimate of drug-likeness (QED) is 0.376. The maximum absolute atomic E-state index is 4.59. The normalized spacial score (nSPS) is 18.0. The van der Waals surface area contributed by atoms with E-state index in [0.717, 1.165) is 47.6 Å². The second-order valence-electron chi connectivity index (χ2n) is 5.47. The predicted octanol–water partition coefficient (Wildman–Crippen LogP) is 2.78. The number of nitrogens with one attached hydrogen (secondary N) is 3. The molecule has 2 heterocycles. The monoisotopic (exact) mass is 445 g/mol. The first-order valence-electron chi connectivity index (χ1n) is 7.85. The average molecular weight is 445 g/mol. The Morgan fingerprint density at radius 1 is 1.39 bits per heavy atom. The van der Waals surface area contributed by atoms with Crippen molar-refractivity contribution in [2.75, 3.05) is 25.9 Å². The minimum absolute atomic E-state index is 0. The number of fused-ring (bicyclic) bond motifs is 1. The molecule has 2 aromatic rings. The Hall–Kier alpha value is -0.960. The van der Waals surface area contributed by atoms with Gasteiger partial charge in [-0.05, 0) is 30.7 Å². The maximum atomic E-state index is 4.59. The van der Waals surface area contributed by atoms with Crippen molar-refractivity contribution < 1.29 is 0 Å². The van der Waals surface area contributed by atoms with Crippen LogP contribution >= 0.6 is 35.7 Å². The first-order valence-corrected chi connectivity index (χ1v) is 8.90. The molecule has 1 aliphatic heterocycles. The highest BCUT2D eigenvalue weighted by molar-refractivity contribution is 14.0. The van der Waals surface area contributed by atoms with Crippen LogP contribution in [0.4, 0.5) is 0 Å². The maximum Gasteiger partial charge on any atom is 0.191 e. The molecule has 1 aromatic heterocycles. The molecule has 7 heteroatoms. The number of benzene rings is 1. The summed E-state index contributed by atoms with van der Waals surface area (Å²) in [5.41, 5.74) is 2.12. The third kappa shape index (κ3) is 5.27. The molecule has 126 valence electrons. The topological polar surface area (TPSA) is 65.1 Å². The van der Waals surface area contributed by atoms with Crippen LogP contribution in [-0.4, -0.2) is 47.1 Å². The fourth-order valence-corrected chi connectivity index (χ4v) is 3.86. The van der Waals surface area contributed by atoms with E-state index in [9.17, 15) is 0 Å². The summed E-state index contributed by atoms with van der Waals surface area (Å²) in [6, 6.07) is 8.12. The molecule has 3 rings (SSSR count). The van der Waals surface area contributed by atoms with E-state index < -0.39 is 0 Å². The van der Waals surface area contributed by atoms with Crippen LogP contribution in [0.5, 0.6) is 0 Å². The van der Waals surface area contributed by atoms with E-state index in [1.807, 2.05) is 25.2 Å². The van der Waals surface area contributed by atoms with Gasteiger partial charge in [-0.3, -0.25) is 4.99 Å².